The van der Waals surface area contributed by atoms with Crippen LogP contribution in [0.3, 0.4) is 0 Å². The average molecular weight is 888 g/mol. The van der Waals surface area contributed by atoms with Gasteiger partial charge in [0.15, 0.2) is 0 Å². The Morgan fingerprint density at radius 2 is 0.222 bits per heavy atom. The van der Waals surface area contributed by atoms with Crippen molar-refractivity contribution in [3.63, 3.8) is 0 Å². The van der Waals surface area contributed by atoms with Gasteiger partial charge < -0.3 is 0 Å². The fourth-order valence-corrected chi connectivity index (χ4v) is 14.7. The topological polar surface area (TPSA) is 0 Å². The predicted molar refractivity (Wildman–Crippen MR) is 419 cm³/mol. The van der Waals surface area contributed by atoms with E-state index >= 15 is 0 Å². The molecule has 0 saturated carbocycles. The zero-order valence-electron chi connectivity index (χ0n) is 50.0. The fraction of sp³-hybridized carbons (Fsp3) is 0. The van der Waals surface area contributed by atoms with Crippen LogP contribution in [0.25, 0.3) is 87.2 Å². The highest BCUT2D eigenvalue weighted by Gasteiger charge is 2.31. The van der Waals surface area contributed by atoms with Gasteiger partial charge in [0.2, 0.25) is 0 Å². The number of rotatable bonds is 3. The lowest BCUT2D eigenvalue weighted by molar-refractivity contribution is 1.83. The largest absolute Gasteiger partial charge is 0.140 e. The summed E-state index contributed by atoms with van der Waals surface area (Å²) in [6, 6.07) is 0. The minimum absolute atomic E-state index is 1.39. The second-order valence-corrected chi connectivity index (χ2v) is 23.5. The first kappa shape index (κ1) is 52.9. The van der Waals surface area contributed by atoms with Crippen LogP contribution in [0.5, 0.6) is 0 Å². The van der Waals surface area contributed by atoms with Crippen LogP contribution in [0.1, 0.15) is 0 Å². The Morgan fingerprint density at radius 1 is 0.0833 bits per heavy atom. The maximum atomic E-state index is 2.45. The summed E-state index contributed by atoms with van der Waals surface area (Å²) in [6.45, 7) is 0. The molecule has 0 heterocycles. The van der Waals surface area contributed by atoms with E-state index in [0.717, 1.165) is 0 Å². The van der Waals surface area contributed by atoms with Crippen molar-refractivity contribution in [2.45, 2.75) is 0 Å². The highest BCUT2D eigenvalue weighted by Crippen LogP contribution is 2.40. The maximum absolute atomic E-state index is 2.45. The molecule has 0 aliphatic heterocycles. The van der Waals surface area contributed by atoms with Gasteiger partial charge in [-0.3, -0.25) is 0 Å². The molecule has 0 amide bonds. The molecule has 316 valence electrons. The molecule has 0 aliphatic carbocycles. The Bertz CT molecular complexity index is 4000. The van der Waals surface area contributed by atoms with Gasteiger partial charge in [-0.1, -0.05) is 104 Å². The molecule has 9 aromatic rings. The van der Waals surface area contributed by atoms with Gasteiger partial charge in [0, 0.05) is 0 Å². The highest BCUT2D eigenvalue weighted by atomic mass is 14.3. The van der Waals surface area contributed by atoms with Gasteiger partial charge in [-0.15, -0.1) is 49.2 Å². The molecule has 0 nitrogen and oxygen atoms in total. The molecule has 9 rings (SSSR count). The van der Waals surface area contributed by atoms with Crippen molar-refractivity contribution in [2.24, 2.45) is 0 Å². The van der Waals surface area contributed by atoms with E-state index in [0.29, 0.717) is 0 Å². The zero-order chi connectivity index (χ0) is 53.4. The van der Waals surface area contributed by atoms with Crippen LogP contribution in [0.15, 0.2) is 0 Å². The SMILES string of the molecule is Bc1c(B)c(-c2c3c(B)c(B)c(B)c(B)c3c(-c3c(B)c(B)c(B)c4c(B)c(B)c(B)c(B)c34)c3c(B)c(B)c(B)c(B)c23)c(B)c(B)c1-c1c(B)c(B)c2c(c1B)c(B)c(B)c1c(B)c(B)c(B)c(B)c12. The van der Waals surface area contributed by atoms with E-state index in [1.165, 1.54) is 240 Å². The summed E-state index contributed by atoms with van der Waals surface area (Å²) in [5, 5.41) is 14.4. The first-order valence-corrected chi connectivity index (χ1v) is 27.0. The summed E-state index contributed by atoms with van der Waals surface area (Å²) >= 11 is 0. The van der Waals surface area contributed by atoms with Crippen molar-refractivity contribution in [2.75, 3.05) is 0 Å². The second-order valence-electron chi connectivity index (χ2n) is 23.5. The van der Waals surface area contributed by atoms with E-state index in [1.54, 1.807) is 0 Å². The zero-order valence-corrected chi connectivity index (χ0v) is 50.0. The summed E-state index contributed by atoms with van der Waals surface area (Å²) in [5.74, 6) is 0. The molecule has 0 N–H and O–H groups in total. The Kier molecular flexibility index (Phi) is 13.1. The third kappa shape index (κ3) is 6.72. The Hall–Kier alpha value is -3.90. The van der Waals surface area contributed by atoms with Crippen molar-refractivity contribution in [1.29, 1.82) is 0 Å². The quantitative estimate of drug-likeness (QED) is 0.0942. The van der Waals surface area contributed by atoms with Gasteiger partial charge in [-0.25, -0.2) is 0 Å². The van der Waals surface area contributed by atoms with E-state index in [4.69, 9.17) is 0 Å². The Balaban J connectivity index is 1.53. The molecule has 28 heteroatoms. The molecule has 0 unspecified atom stereocenters. The maximum Gasteiger partial charge on any atom is 0.140 e. The van der Waals surface area contributed by atoms with Crippen LogP contribution < -0.4 is 153 Å². The van der Waals surface area contributed by atoms with Crippen molar-refractivity contribution in [3.8, 4) is 33.4 Å². The molecule has 0 spiro atoms. The van der Waals surface area contributed by atoms with Crippen LogP contribution in [0.2, 0.25) is 0 Å². The lowest BCUT2D eigenvalue weighted by atomic mass is 9.55. The summed E-state index contributed by atoms with van der Waals surface area (Å²) in [7, 11) is 67.1. The molecule has 0 radical (unpaired) electrons. The normalized spacial score (nSPS) is 11.8. The third-order valence-electron chi connectivity index (χ3n) is 21.1. The first-order valence-electron chi connectivity index (χ1n) is 27.0. The van der Waals surface area contributed by atoms with E-state index in [9.17, 15) is 0 Å². The van der Waals surface area contributed by atoms with Crippen LogP contribution >= 0.6 is 0 Å². The van der Waals surface area contributed by atoms with Gasteiger partial charge in [0.25, 0.3) is 0 Å². The van der Waals surface area contributed by atoms with Crippen molar-refractivity contribution in [1.82, 2.24) is 0 Å². The van der Waals surface area contributed by atoms with Gasteiger partial charge >= 0.3 is 0 Å². The predicted octanol–water partition coefficient (Wildman–Crippen LogP) is -36.3. The monoisotopic (exact) mass is 893 g/mol. The molecule has 9 aromatic carbocycles. The molecule has 0 aliphatic rings. The average Bonchev–Trinajstić information content (AvgIpc) is 3.34. The summed E-state index contributed by atoms with van der Waals surface area (Å²) in [5.41, 5.74) is 47.9. The van der Waals surface area contributed by atoms with Gasteiger partial charge in [-0.05, 0) is 87.2 Å². The summed E-state index contributed by atoms with van der Waals surface area (Å²) in [6.07, 6.45) is 0. The summed E-state index contributed by atoms with van der Waals surface area (Å²) in [4.78, 5) is 0. The van der Waals surface area contributed by atoms with E-state index in [2.05, 4.69) is 220 Å². The van der Waals surface area contributed by atoms with Crippen molar-refractivity contribution < 1.29 is 0 Å². The van der Waals surface area contributed by atoms with Gasteiger partial charge in [-0.2, -0.15) is 0 Å². The van der Waals surface area contributed by atoms with E-state index in [1.807, 2.05) is 0 Å². The molecule has 0 fully saturated rings. The van der Waals surface area contributed by atoms with E-state index in [-0.39, 0.29) is 0 Å². The van der Waals surface area contributed by atoms with Crippen LogP contribution in [-0.4, -0.2) is 220 Å². The molecule has 72 heavy (non-hydrogen) atoms. The Labute approximate surface area is 456 Å². The van der Waals surface area contributed by atoms with Crippen LogP contribution in [-0.2, 0) is 0 Å². The molecular formula is C44H56B28. The van der Waals surface area contributed by atoms with Crippen LogP contribution in [0.4, 0.5) is 0 Å². The highest BCUT2D eigenvalue weighted by molar-refractivity contribution is 6.78. The van der Waals surface area contributed by atoms with E-state index < -0.39 is 0 Å². The van der Waals surface area contributed by atoms with Crippen molar-refractivity contribution in [3.05, 3.63) is 0 Å². The number of benzene rings is 9. The third-order valence-corrected chi connectivity index (χ3v) is 21.1. The molecule has 0 bridgehead atoms. The smallest absolute Gasteiger partial charge is 0.101 e. The Morgan fingerprint density at radius 3 is 0.542 bits per heavy atom. The molecule has 0 atom stereocenters. The standard InChI is InChI=1S/C44H56B28/c45-17-12-9(10-13(29(57)28(12)56)34(62)43(71)42(70)25(10)53)18(46)30(58)15(17)16-31(59)26(54)11(27(55)32(16)60)2-6-3(20(48)37(65)39(67)22(6)50)1(4-7(2)23(51)40(68)38(66)21(4)49)5-8-14(33(61)36(64)19(5)47)35(63)44(72)41(69)24(8)52/h45-72H2. The molecule has 0 aromatic heterocycles. The van der Waals surface area contributed by atoms with Crippen LogP contribution in [0, 0.1) is 0 Å². The second kappa shape index (κ2) is 17.9. The van der Waals surface area contributed by atoms with Gasteiger partial charge in [0.05, 0.1) is 0 Å². The number of hydrogen-bond acceptors (Lipinski definition) is 0. The lowest BCUT2D eigenvalue weighted by Gasteiger charge is -2.33. The number of hydrogen-bond donors (Lipinski definition) is 0. The first-order chi connectivity index (χ1) is 33.5. The molecule has 0 saturated heterocycles. The molecular weight excluding hydrogens is 831 g/mol. The summed E-state index contributed by atoms with van der Waals surface area (Å²) < 4.78 is 0. The lowest BCUT2D eigenvalue weighted by Crippen LogP contribution is -2.53. The minimum Gasteiger partial charge on any atom is -0.101 e. The number of fused-ring (bicyclic) bond motifs is 6. The van der Waals surface area contributed by atoms with Gasteiger partial charge in [0.1, 0.15) is 220 Å². The fourth-order valence-electron chi connectivity index (χ4n) is 14.7. The minimum atomic E-state index is 1.39. The van der Waals surface area contributed by atoms with Crippen molar-refractivity contribution >= 4 is 427 Å².